The smallest absolute Gasteiger partial charge is 0.219 e. The lowest BCUT2D eigenvalue weighted by molar-refractivity contribution is -0.194. The average molecular weight is 805 g/mol. The van der Waals surface area contributed by atoms with Crippen molar-refractivity contribution in [3.8, 4) is 0 Å². The van der Waals surface area contributed by atoms with Crippen molar-refractivity contribution in [1.82, 2.24) is 0 Å². The normalized spacial score (nSPS) is 13.9. The Bertz CT molecular complexity index is 961. The van der Waals surface area contributed by atoms with Gasteiger partial charge in [0, 0.05) is 19.3 Å². The van der Waals surface area contributed by atoms with Crippen molar-refractivity contribution in [3.63, 3.8) is 0 Å². The maximum absolute atomic E-state index is 13.7. The Hall–Kier alpha value is -1.37. The van der Waals surface area contributed by atoms with Crippen LogP contribution in [0.15, 0.2) is 12.2 Å². The van der Waals surface area contributed by atoms with Gasteiger partial charge in [0.1, 0.15) is 0 Å². The Morgan fingerprint density at radius 2 is 0.579 bits per heavy atom. The van der Waals surface area contributed by atoms with Crippen molar-refractivity contribution in [2.75, 3.05) is 6.61 Å². The number of carbonyl (C=O) groups is 3. The summed E-state index contributed by atoms with van der Waals surface area (Å²) in [4.78, 5) is 41.0. The van der Waals surface area contributed by atoms with E-state index in [0.29, 0.717) is 19.3 Å². The molecule has 0 aliphatic carbocycles. The van der Waals surface area contributed by atoms with Crippen LogP contribution in [-0.2, 0) is 14.4 Å². The van der Waals surface area contributed by atoms with E-state index in [1.165, 1.54) is 141 Å². The zero-order valence-corrected chi connectivity index (χ0v) is 38.2. The van der Waals surface area contributed by atoms with Gasteiger partial charge in [0.2, 0.25) is 5.60 Å². The van der Waals surface area contributed by atoms with E-state index in [9.17, 15) is 29.7 Å². The topological polar surface area (TPSA) is 112 Å². The number of hydrogen-bond donors (Lipinski definition) is 3. The van der Waals surface area contributed by atoms with Crippen LogP contribution in [0.2, 0.25) is 0 Å². The monoisotopic (exact) mass is 805 g/mol. The van der Waals surface area contributed by atoms with Gasteiger partial charge in [-0.2, -0.15) is 0 Å². The highest BCUT2D eigenvalue weighted by Crippen LogP contribution is 2.32. The van der Waals surface area contributed by atoms with E-state index in [0.717, 1.165) is 77.0 Å². The molecule has 0 aliphatic heterocycles. The second kappa shape index (κ2) is 40.1. The highest BCUT2D eigenvalue weighted by Gasteiger charge is 2.62. The van der Waals surface area contributed by atoms with Crippen LogP contribution in [0.25, 0.3) is 0 Å². The quantitative estimate of drug-likeness (QED) is 0.0321. The van der Waals surface area contributed by atoms with Crippen LogP contribution >= 0.6 is 0 Å². The first-order valence-electron chi connectivity index (χ1n) is 25.1. The number of aliphatic hydroxyl groups is 3. The van der Waals surface area contributed by atoms with Crippen molar-refractivity contribution in [3.05, 3.63) is 12.2 Å². The molecule has 336 valence electrons. The van der Waals surface area contributed by atoms with Crippen LogP contribution < -0.4 is 0 Å². The standard InChI is InChI=1S/C51H96O6/c1-4-7-10-13-16-19-22-24-25-27-30-33-36-39-42-45-49(55)51(57,48(54)44-41-38-35-32-29-26-23-20-17-14-11-8-5-2)50(56,46-52)47(53)43-40-37-34-31-28-21-18-15-12-9-6-3/h24-25,52,56-57H,4-23,26-46H2,1-3H3/b25-24-. The third kappa shape index (κ3) is 27.9. The van der Waals surface area contributed by atoms with E-state index in [1.807, 2.05) is 0 Å². The van der Waals surface area contributed by atoms with Crippen LogP contribution in [0.1, 0.15) is 278 Å². The molecule has 57 heavy (non-hydrogen) atoms. The molecule has 0 aliphatic rings. The Kier molecular flexibility index (Phi) is 39.1. The van der Waals surface area contributed by atoms with Crippen molar-refractivity contribution in [2.45, 2.75) is 289 Å². The first-order chi connectivity index (χ1) is 27.8. The second-order valence-corrected chi connectivity index (χ2v) is 17.6. The Morgan fingerprint density at radius 3 is 0.842 bits per heavy atom. The fourth-order valence-corrected chi connectivity index (χ4v) is 8.20. The summed E-state index contributed by atoms with van der Waals surface area (Å²) in [6.45, 7) is 5.57. The van der Waals surface area contributed by atoms with Crippen molar-refractivity contribution in [1.29, 1.82) is 0 Å². The van der Waals surface area contributed by atoms with Gasteiger partial charge in [-0.05, 0) is 44.9 Å². The molecule has 0 saturated heterocycles. The number of ketones is 3. The number of allylic oxidation sites excluding steroid dienone is 2. The molecular weight excluding hydrogens is 709 g/mol. The lowest BCUT2D eigenvalue weighted by Crippen LogP contribution is -2.69. The Labute approximate surface area is 353 Å². The zero-order chi connectivity index (χ0) is 42.1. The number of carbonyl (C=O) groups excluding carboxylic acids is 3. The van der Waals surface area contributed by atoms with Gasteiger partial charge in [0.15, 0.2) is 23.0 Å². The number of unbranched alkanes of at least 4 members (excludes halogenated alkanes) is 33. The lowest BCUT2D eigenvalue weighted by Gasteiger charge is -2.39. The van der Waals surface area contributed by atoms with Crippen LogP contribution in [0.3, 0.4) is 0 Å². The van der Waals surface area contributed by atoms with Gasteiger partial charge < -0.3 is 15.3 Å². The first kappa shape index (κ1) is 55.6. The van der Waals surface area contributed by atoms with Gasteiger partial charge in [0.25, 0.3) is 0 Å². The molecular formula is C51H96O6. The molecule has 6 nitrogen and oxygen atoms in total. The first-order valence-corrected chi connectivity index (χ1v) is 25.1. The van der Waals surface area contributed by atoms with Gasteiger partial charge in [0.05, 0.1) is 6.61 Å². The minimum Gasteiger partial charge on any atom is -0.393 e. The third-order valence-electron chi connectivity index (χ3n) is 12.3. The molecule has 0 fully saturated rings. The minimum atomic E-state index is -2.92. The summed E-state index contributed by atoms with van der Waals surface area (Å²) in [6, 6.07) is 0. The molecule has 2 atom stereocenters. The number of aliphatic hydroxyl groups excluding tert-OH is 1. The number of hydrogen-bond acceptors (Lipinski definition) is 6. The summed E-state index contributed by atoms with van der Waals surface area (Å²) in [6.07, 6.45) is 45.7. The molecule has 0 bridgehead atoms. The molecule has 0 aromatic carbocycles. The maximum atomic E-state index is 13.7. The van der Waals surface area contributed by atoms with Gasteiger partial charge >= 0.3 is 0 Å². The Morgan fingerprint density at radius 1 is 0.351 bits per heavy atom. The molecule has 2 unspecified atom stereocenters. The molecule has 0 saturated carbocycles. The predicted octanol–water partition coefficient (Wildman–Crippen LogP) is 14.4. The van der Waals surface area contributed by atoms with E-state index >= 15 is 0 Å². The molecule has 0 aromatic heterocycles. The number of Topliss-reactive ketones (excluding diaryl/α,β-unsaturated/α-hetero) is 3. The van der Waals surface area contributed by atoms with Gasteiger partial charge in [-0.3, -0.25) is 14.4 Å². The fraction of sp³-hybridized carbons (Fsp3) is 0.902. The third-order valence-corrected chi connectivity index (χ3v) is 12.3. The summed E-state index contributed by atoms with van der Waals surface area (Å²) in [7, 11) is 0. The van der Waals surface area contributed by atoms with E-state index < -0.39 is 35.2 Å². The van der Waals surface area contributed by atoms with Gasteiger partial charge in [-0.25, -0.2) is 0 Å². The summed E-state index contributed by atoms with van der Waals surface area (Å²) in [5.74, 6) is -2.46. The largest absolute Gasteiger partial charge is 0.393 e. The molecule has 3 N–H and O–H groups in total. The molecule has 6 heteroatoms. The maximum Gasteiger partial charge on any atom is 0.219 e. The summed E-state index contributed by atoms with van der Waals surface area (Å²) in [5.41, 5.74) is -5.74. The lowest BCUT2D eigenvalue weighted by atomic mass is 9.71. The molecule has 0 radical (unpaired) electrons. The summed E-state index contributed by atoms with van der Waals surface area (Å²) < 4.78 is 0. The van der Waals surface area contributed by atoms with Crippen molar-refractivity contribution < 1.29 is 29.7 Å². The van der Waals surface area contributed by atoms with Crippen molar-refractivity contribution >= 4 is 17.3 Å². The minimum absolute atomic E-state index is 0.0803. The van der Waals surface area contributed by atoms with Crippen molar-refractivity contribution in [2.24, 2.45) is 0 Å². The highest BCUT2D eigenvalue weighted by atomic mass is 16.4. The van der Waals surface area contributed by atoms with E-state index in [-0.39, 0.29) is 19.3 Å². The highest BCUT2D eigenvalue weighted by molar-refractivity contribution is 6.16. The second-order valence-electron chi connectivity index (χ2n) is 17.6. The molecule has 0 amide bonds. The SMILES string of the molecule is CCCCCCCC/C=C\CCCCCCCC(=O)C(O)(C(=O)CCCCCCCCCCCCCCC)C(O)(CO)C(=O)CCCCCCCCCCCCC. The zero-order valence-electron chi connectivity index (χ0n) is 38.2. The Balaban J connectivity index is 4.97. The molecule has 0 heterocycles. The summed E-state index contributed by atoms with van der Waals surface area (Å²) >= 11 is 0. The predicted molar refractivity (Wildman–Crippen MR) is 243 cm³/mol. The van der Waals surface area contributed by atoms with Crippen LogP contribution in [0.5, 0.6) is 0 Å². The summed E-state index contributed by atoms with van der Waals surface area (Å²) in [5, 5.41) is 33.9. The molecule has 0 rings (SSSR count). The van der Waals surface area contributed by atoms with E-state index in [4.69, 9.17) is 0 Å². The molecule has 0 spiro atoms. The van der Waals surface area contributed by atoms with Crippen LogP contribution in [0, 0.1) is 0 Å². The number of rotatable bonds is 46. The van der Waals surface area contributed by atoms with Gasteiger partial charge in [-0.15, -0.1) is 0 Å². The molecule has 0 aromatic rings. The van der Waals surface area contributed by atoms with Crippen LogP contribution in [0.4, 0.5) is 0 Å². The van der Waals surface area contributed by atoms with Crippen LogP contribution in [-0.4, -0.2) is 50.5 Å². The van der Waals surface area contributed by atoms with Gasteiger partial charge in [-0.1, -0.05) is 226 Å². The van der Waals surface area contributed by atoms with E-state index in [2.05, 4.69) is 32.9 Å². The average Bonchev–Trinajstić information content (AvgIpc) is 3.21. The van der Waals surface area contributed by atoms with E-state index in [1.54, 1.807) is 0 Å². The fourth-order valence-electron chi connectivity index (χ4n) is 8.20.